The molecule has 0 bridgehead atoms. The third-order valence-corrected chi connectivity index (χ3v) is 5.27. The zero-order chi connectivity index (χ0) is 14.2. The van der Waals surface area contributed by atoms with Gasteiger partial charge in [-0.25, -0.2) is 4.98 Å². The number of aliphatic hydroxyl groups is 1. The summed E-state index contributed by atoms with van der Waals surface area (Å²) in [6, 6.07) is 8.51. The Bertz CT molecular complexity index is 628. The van der Waals surface area contributed by atoms with Gasteiger partial charge in [-0.3, -0.25) is 0 Å². The number of benzene rings is 1. The SMILES string of the molecule is O[C@H](C[C@@H]1c2ccccc2-n2cncc21)C1CCCCC1. The molecule has 0 unspecified atom stereocenters. The number of aromatic nitrogens is 2. The van der Waals surface area contributed by atoms with Crippen LogP contribution in [0.25, 0.3) is 5.69 Å². The molecule has 2 heterocycles. The van der Waals surface area contributed by atoms with E-state index in [2.05, 4.69) is 33.8 Å². The Morgan fingerprint density at radius 3 is 2.86 bits per heavy atom. The van der Waals surface area contributed by atoms with Crippen molar-refractivity contribution in [3.63, 3.8) is 0 Å². The maximum Gasteiger partial charge on any atom is 0.0994 e. The van der Waals surface area contributed by atoms with E-state index in [0.717, 1.165) is 6.42 Å². The second kappa shape index (κ2) is 5.30. The van der Waals surface area contributed by atoms with Gasteiger partial charge in [-0.1, -0.05) is 37.5 Å². The third kappa shape index (κ3) is 2.20. The number of fused-ring (bicyclic) bond motifs is 3. The van der Waals surface area contributed by atoms with Crippen LogP contribution in [0.3, 0.4) is 0 Å². The van der Waals surface area contributed by atoms with Crippen LogP contribution >= 0.6 is 0 Å². The Kier molecular flexibility index (Phi) is 3.30. The van der Waals surface area contributed by atoms with Gasteiger partial charge < -0.3 is 9.67 Å². The van der Waals surface area contributed by atoms with Gasteiger partial charge in [0.1, 0.15) is 0 Å². The van der Waals surface area contributed by atoms with E-state index < -0.39 is 0 Å². The minimum absolute atomic E-state index is 0.190. The average Bonchev–Trinajstić information content (AvgIpc) is 3.11. The summed E-state index contributed by atoms with van der Waals surface area (Å²) in [5.41, 5.74) is 3.79. The smallest absolute Gasteiger partial charge is 0.0994 e. The number of aliphatic hydroxyl groups excluding tert-OH is 1. The molecule has 2 aliphatic rings. The molecule has 1 aromatic carbocycles. The fourth-order valence-corrected chi connectivity index (χ4v) is 4.13. The molecule has 1 aliphatic heterocycles. The second-order valence-electron chi connectivity index (χ2n) is 6.50. The van der Waals surface area contributed by atoms with E-state index in [1.54, 1.807) is 0 Å². The average molecular weight is 282 g/mol. The van der Waals surface area contributed by atoms with E-state index in [9.17, 15) is 5.11 Å². The largest absolute Gasteiger partial charge is 0.393 e. The zero-order valence-corrected chi connectivity index (χ0v) is 12.3. The van der Waals surface area contributed by atoms with E-state index in [4.69, 9.17) is 0 Å². The monoisotopic (exact) mass is 282 g/mol. The molecule has 2 atom stereocenters. The van der Waals surface area contributed by atoms with E-state index >= 15 is 0 Å². The molecule has 1 N–H and O–H groups in total. The first kappa shape index (κ1) is 13.1. The lowest BCUT2D eigenvalue weighted by molar-refractivity contribution is 0.0737. The van der Waals surface area contributed by atoms with Crippen molar-refractivity contribution >= 4 is 0 Å². The van der Waals surface area contributed by atoms with Crippen LogP contribution in [0.5, 0.6) is 0 Å². The van der Waals surface area contributed by atoms with Crippen molar-refractivity contribution in [1.82, 2.24) is 9.55 Å². The van der Waals surface area contributed by atoms with Gasteiger partial charge in [0.2, 0.25) is 0 Å². The van der Waals surface area contributed by atoms with Crippen LogP contribution in [0.15, 0.2) is 36.8 Å². The van der Waals surface area contributed by atoms with Crippen molar-refractivity contribution in [3.8, 4) is 5.69 Å². The normalized spacial score (nSPS) is 22.8. The Balaban J connectivity index is 1.60. The van der Waals surface area contributed by atoms with Crippen LogP contribution in [0.4, 0.5) is 0 Å². The quantitative estimate of drug-likeness (QED) is 0.933. The summed E-state index contributed by atoms with van der Waals surface area (Å²) in [5.74, 6) is 0.781. The standard InChI is InChI=1S/C18H22N2O/c21-18(13-6-2-1-3-7-13)10-15-14-8-4-5-9-16(14)20-12-19-11-17(15)20/h4-5,8-9,11-13,15,18,21H,1-3,6-7,10H2/t15-,18-/m1/s1. The Hall–Kier alpha value is -1.61. The number of hydrogen-bond donors (Lipinski definition) is 1. The second-order valence-corrected chi connectivity index (χ2v) is 6.50. The summed E-state index contributed by atoms with van der Waals surface area (Å²) in [6.07, 6.45) is 10.8. The Morgan fingerprint density at radius 1 is 1.19 bits per heavy atom. The van der Waals surface area contributed by atoms with Gasteiger partial charge in [-0.05, 0) is 36.8 Å². The van der Waals surface area contributed by atoms with Crippen LogP contribution in [0.1, 0.15) is 55.7 Å². The first-order valence-corrected chi connectivity index (χ1v) is 8.14. The van der Waals surface area contributed by atoms with Crippen LogP contribution < -0.4 is 0 Å². The van der Waals surface area contributed by atoms with Gasteiger partial charge in [0.15, 0.2) is 0 Å². The number of rotatable bonds is 3. The van der Waals surface area contributed by atoms with Crippen LogP contribution in [-0.2, 0) is 0 Å². The predicted molar refractivity (Wildman–Crippen MR) is 82.6 cm³/mol. The van der Waals surface area contributed by atoms with Crippen LogP contribution in [0.2, 0.25) is 0 Å². The minimum Gasteiger partial charge on any atom is -0.393 e. The molecule has 1 fully saturated rings. The van der Waals surface area contributed by atoms with Crippen molar-refractivity contribution in [1.29, 1.82) is 0 Å². The summed E-state index contributed by atoms with van der Waals surface area (Å²) >= 11 is 0. The molecule has 21 heavy (non-hydrogen) atoms. The highest BCUT2D eigenvalue weighted by atomic mass is 16.3. The summed E-state index contributed by atoms with van der Waals surface area (Å²) < 4.78 is 2.17. The van der Waals surface area contributed by atoms with Crippen LogP contribution in [-0.4, -0.2) is 20.8 Å². The molecule has 4 rings (SSSR count). The maximum atomic E-state index is 10.7. The highest BCUT2D eigenvalue weighted by Crippen LogP contribution is 2.42. The topological polar surface area (TPSA) is 38.0 Å². The van der Waals surface area contributed by atoms with E-state index in [0.29, 0.717) is 11.8 Å². The number of imidazole rings is 1. The third-order valence-electron chi connectivity index (χ3n) is 5.27. The molecule has 0 saturated heterocycles. The molecule has 1 aromatic heterocycles. The molecular formula is C18H22N2O. The van der Waals surface area contributed by atoms with Gasteiger partial charge in [0, 0.05) is 12.1 Å². The zero-order valence-electron chi connectivity index (χ0n) is 12.3. The van der Waals surface area contributed by atoms with Crippen molar-refractivity contribution in [3.05, 3.63) is 48.0 Å². The van der Waals surface area contributed by atoms with E-state index in [1.807, 2.05) is 12.5 Å². The van der Waals surface area contributed by atoms with Crippen LogP contribution in [0, 0.1) is 5.92 Å². The number of hydrogen-bond acceptors (Lipinski definition) is 2. The molecule has 0 spiro atoms. The van der Waals surface area contributed by atoms with Gasteiger partial charge in [-0.15, -0.1) is 0 Å². The molecule has 0 radical (unpaired) electrons. The summed E-state index contributed by atoms with van der Waals surface area (Å²) in [7, 11) is 0. The molecule has 2 aromatic rings. The maximum absolute atomic E-state index is 10.7. The minimum atomic E-state index is -0.190. The van der Waals surface area contributed by atoms with Crippen molar-refractivity contribution < 1.29 is 5.11 Å². The fraction of sp³-hybridized carbons (Fsp3) is 0.500. The molecule has 3 nitrogen and oxygen atoms in total. The van der Waals surface area contributed by atoms with Crippen molar-refractivity contribution in [2.24, 2.45) is 5.92 Å². The Labute approximate surface area is 125 Å². The van der Waals surface area contributed by atoms with Gasteiger partial charge in [-0.2, -0.15) is 0 Å². The lowest BCUT2D eigenvalue weighted by Crippen LogP contribution is -2.25. The molecule has 110 valence electrons. The summed E-state index contributed by atoms with van der Waals surface area (Å²) in [6.45, 7) is 0. The van der Waals surface area contributed by atoms with Crippen molar-refractivity contribution in [2.45, 2.75) is 50.5 Å². The summed E-state index contributed by atoms with van der Waals surface area (Å²) in [5, 5.41) is 10.7. The predicted octanol–water partition coefficient (Wildman–Crippen LogP) is 3.65. The lowest BCUT2D eigenvalue weighted by Gasteiger charge is -2.28. The molecule has 1 aliphatic carbocycles. The molecule has 1 saturated carbocycles. The first-order chi connectivity index (χ1) is 10.3. The Morgan fingerprint density at radius 2 is 2.00 bits per heavy atom. The molecule has 0 amide bonds. The highest BCUT2D eigenvalue weighted by molar-refractivity contribution is 5.53. The van der Waals surface area contributed by atoms with E-state index in [1.165, 1.54) is 49.0 Å². The van der Waals surface area contributed by atoms with Crippen molar-refractivity contribution in [2.75, 3.05) is 0 Å². The number of para-hydroxylation sites is 1. The highest BCUT2D eigenvalue weighted by Gasteiger charge is 2.32. The first-order valence-electron chi connectivity index (χ1n) is 8.14. The van der Waals surface area contributed by atoms with Gasteiger partial charge >= 0.3 is 0 Å². The van der Waals surface area contributed by atoms with Gasteiger partial charge in [0.25, 0.3) is 0 Å². The number of nitrogens with zero attached hydrogens (tertiary/aromatic N) is 2. The lowest BCUT2D eigenvalue weighted by atomic mass is 9.80. The van der Waals surface area contributed by atoms with E-state index in [-0.39, 0.29) is 6.10 Å². The molecule has 3 heteroatoms. The fourth-order valence-electron chi connectivity index (χ4n) is 4.13. The summed E-state index contributed by atoms with van der Waals surface area (Å²) in [4.78, 5) is 4.29. The molecular weight excluding hydrogens is 260 g/mol. The van der Waals surface area contributed by atoms with Gasteiger partial charge in [0.05, 0.1) is 23.8 Å².